The van der Waals surface area contributed by atoms with Crippen molar-refractivity contribution >= 4 is 6.29 Å². The Morgan fingerprint density at radius 3 is 1.76 bits per heavy atom. The number of rotatable bonds is 7. The molecule has 1 aromatic heterocycles. The van der Waals surface area contributed by atoms with Crippen LogP contribution in [0.1, 0.15) is 34.7 Å². The van der Waals surface area contributed by atoms with E-state index in [2.05, 4.69) is 82.6 Å². The van der Waals surface area contributed by atoms with Crippen LogP contribution in [0.3, 0.4) is 0 Å². The largest absolute Gasteiger partial charge is 0.464 e. The molecule has 1 saturated heterocycles. The molecule has 1 aliphatic rings. The minimum absolute atomic E-state index is 0.203. The van der Waals surface area contributed by atoms with Crippen molar-refractivity contribution in [1.29, 1.82) is 0 Å². The molecule has 2 heterocycles. The summed E-state index contributed by atoms with van der Waals surface area (Å²) in [5.41, 5.74) is 4.75. The van der Waals surface area contributed by atoms with Crippen molar-refractivity contribution in [2.45, 2.75) is 19.0 Å². The Hall–Kier alpha value is -3.47. The molecular formula is C30H30N2O2. The first-order valence-corrected chi connectivity index (χ1v) is 11.9. The smallest absolute Gasteiger partial charge is 0.144 e. The van der Waals surface area contributed by atoms with Crippen molar-refractivity contribution in [3.8, 4) is 11.1 Å². The highest BCUT2D eigenvalue weighted by molar-refractivity contribution is 5.68. The zero-order valence-corrected chi connectivity index (χ0v) is 19.5. The summed E-state index contributed by atoms with van der Waals surface area (Å²) in [5, 5.41) is 0. The first-order chi connectivity index (χ1) is 16.7. The molecule has 1 atom stereocenters. The fraction of sp³-hybridized carbons (Fsp3) is 0.233. The molecule has 4 heteroatoms. The van der Waals surface area contributed by atoms with E-state index in [4.69, 9.17) is 4.42 Å². The molecule has 34 heavy (non-hydrogen) atoms. The van der Waals surface area contributed by atoms with Crippen molar-refractivity contribution in [2.75, 3.05) is 26.2 Å². The van der Waals surface area contributed by atoms with Crippen LogP contribution in [0.5, 0.6) is 0 Å². The number of carbonyl (C=O) groups excluding carboxylic acids is 1. The Kier molecular flexibility index (Phi) is 6.70. The number of aryl methyl sites for hydroxylation is 1. The van der Waals surface area contributed by atoms with Gasteiger partial charge in [-0.3, -0.25) is 9.80 Å². The van der Waals surface area contributed by atoms with Crippen molar-refractivity contribution < 1.29 is 9.21 Å². The molecule has 0 amide bonds. The second-order valence-electron chi connectivity index (χ2n) is 8.86. The van der Waals surface area contributed by atoms with Crippen molar-refractivity contribution in [1.82, 2.24) is 9.80 Å². The highest BCUT2D eigenvalue weighted by Gasteiger charge is 2.31. The Morgan fingerprint density at radius 1 is 0.735 bits per heavy atom. The van der Waals surface area contributed by atoms with Crippen molar-refractivity contribution in [2.24, 2.45) is 0 Å². The van der Waals surface area contributed by atoms with Gasteiger partial charge >= 0.3 is 0 Å². The second-order valence-corrected chi connectivity index (χ2v) is 8.86. The van der Waals surface area contributed by atoms with E-state index in [-0.39, 0.29) is 12.1 Å². The first-order valence-electron chi connectivity index (χ1n) is 11.9. The number of benzene rings is 3. The molecule has 0 aliphatic carbocycles. The number of nitrogens with zero attached hydrogens (tertiary/aromatic N) is 2. The predicted molar refractivity (Wildman–Crippen MR) is 136 cm³/mol. The maximum absolute atomic E-state index is 12.2. The SMILES string of the molecule is Cc1oc(C(C=O)N2CCN(C(c3ccccc3)c3ccccc3)CC2)cc1-c1ccccc1. The molecule has 0 saturated carbocycles. The summed E-state index contributed by atoms with van der Waals surface area (Å²) in [6.45, 7) is 5.34. The molecule has 0 radical (unpaired) electrons. The van der Waals surface area contributed by atoms with Gasteiger partial charge in [0.1, 0.15) is 23.8 Å². The third-order valence-corrected chi connectivity index (χ3v) is 6.78. The van der Waals surface area contributed by atoms with Crippen LogP contribution in [-0.4, -0.2) is 42.3 Å². The lowest BCUT2D eigenvalue weighted by Gasteiger charge is -2.41. The van der Waals surface area contributed by atoms with Crippen LogP contribution in [0.4, 0.5) is 0 Å². The lowest BCUT2D eigenvalue weighted by Crippen LogP contribution is -2.49. The van der Waals surface area contributed by atoms with Crippen LogP contribution in [0, 0.1) is 6.92 Å². The van der Waals surface area contributed by atoms with Gasteiger partial charge in [0.25, 0.3) is 0 Å². The van der Waals surface area contributed by atoms with E-state index < -0.39 is 0 Å². The fourth-order valence-corrected chi connectivity index (χ4v) is 5.05. The minimum atomic E-state index is -0.370. The monoisotopic (exact) mass is 450 g/mol. The van der Waals surface area contributed by atoms with Gasteiger partial charge in [-0.2, -0.15) is 0 Å². The summed E-state index contributed by atoms with van der Waals surface area (Å²) in [6.07, 6.45) is 1.02. The van der Waals surface area contributed by atoms with Crippen LogP contribution < -0.4 is 0 Å². The molecule has 0 N–H and O–H groups in total. The van der Waals surface area contributed by atoms with Crippen molar-refractivity contribution in [3.63, 3.8) is 0 Å². The van der Waals surface area contributed by atoms with E-state index >= 15 is 0 Å². The third-order valence-electron chi connectivity index (χ3n) is 6.78. The van der Waals surface area contributed by atoms with Crippen LogP contribution in [0.2, 0.25) is 0 Å². The molecule has 0 bridgehead atoms. The summed E-state index contributed by atoms with van der Waals surface area (Å²) in [4.78, 5) is 17.0. The van der Waals surface area contributed by atoms with E-state index in [1.165, 1.54) is 11.1 Å². The molecule has 1 fully saturated rings. The minimum Gasteiger partial charge on any atom is -0.464 e. The molecule has 1 unspecified atom stereocenters. The van der Waals surface area contributed by atoms with E-state index in [9.17, 15) is 4.79 Å². The Labute approximate surface area is 201 Å². The maximum Gasteiger partial charge on any atom is 0.144 e. The van der Waals surface area contributed by atoms with Gasteiger partial charge < -0.3 is 9.21 Å². The summed E-state index contributed by atoms with van der Waals surface area (Å²) in [5.74, 6) is 1.57. The van der Waals surface area contributed by atoms with Crippen LogP contribution in [0.25, 0.3) is 11.1 Å². The van der Waals surface area contributed by atoms with Gasteiger partial charge in [-0.25, -0.2) is 0 Å². The Bertz CT molecular complexity index is 1160. The summed E-state index contributed by atoms with van der Waals surface area (Å²) in [7, 11) is 0. The van der Waals surface area contributed by atoms with Gasteiger partial charge in [0.2, 0.25) is 0 Å². The molecule has 5 rings (SSSR count). The summed E-state index contributed by atoms with van der Waals surface area (Å²) in [6, 6.07) is 33.4. The number of hydrogen-bond donors (Lipinski definition) is 0. The Morgan fingerprint density at radius 2 is 1.24 bits per heavy atom. The molecule has 4 aromatic rings. The quantitative estimate of drug-likeness (QED) is 0.328. The number of furan rings is 1. The van der Waals surface area contributed by atoms with Crippen LogP contribution >= 0.6 is 0 Å². The molecular weight excluding hydrogens is 420 g/mol. The van der Waals surface area contributed by atoms with E-state index in [1.807, 2.05) is 31.2 Å². The average Bonchev–Trinajstić information content (AvgIpc) is 3.28. The molecule has 0 spiro atoms. The highest BCUT2D eigenvalue weighted by Crippen LogP contribution is 2.33. The van der Waals surface area contributed by atoms with Crippen LogP contribution in [-0.2, 0) is 4.79 Å². The molecule has 1 aliphatic heterocycles. The van der Waals surface area contributed by atoms with Crippen molar-refractivity contribution in [3.05, 3.63) is 120 Å². The zero-order valence-electron chi connectivity index (χ0n) is 19.5. The first kappa shape index (κ1) is 22.3. The lowest BCUT2D eigenvalue weighted by atomic mass is 9.96. The van der Waals surface area contributed by atoms with Gasteiger partial charge in [-0.05, 0) is 29.7 Å². The number of aldehydes is 1. The maximum atomic E-state index is 12.2. The number of carbonyl (C=O) groups is 1. The number of hydrogen-bond acceptors (Lipinski definition) is 4. The zero-order chi connectivity index (χ0) is 23.3. The Balaban J connectivity index is 1.34. The lowest BCUT2D eigenvalue weighted by molar-refractivity contribution is -0.114. The van der Waals surface area contributed by atoms with E-state index in [0.29, 0.717) is 0 Å². The molecule has 172 valence electrons. The van der Waals surface area contributed by atoms with Gasteiger partial charge in [0, 0.05) is 31.7 Å². The van der Waals surface area contributed by atoms with Gasteiger partial charge in [-0.1, -0.05) is 91.0 Å². The van der Waals surface area contributed by atoms with E-state index in [1.54, 1.807) is 0 Å². The predicted octanol–water partition coefficient (Wildman–Crippen LogP) is 5.90. The normalized spacial score (nSPS) is 15.9. The van der Waals surface area contributed by atoms with E-state index in [0.717, 1.165) is 55.1 Å². The fourth-order valence-electron chi connectivity index (χ4n) is 5.05. The standard InChI is InChI=1S/C30H30N2O2/c1-23-27(24-11-5-2-6-12-24)21-29(34-23)28(22-33)31-17-19-32(20-18-31)30(25-13-7-3-8-14-25)26-15-9-4-10-16-26/h2-16,21-22,28,30H,17-20H2,1H3. The highest BCUT2D eigenvalue weighted by atomic mass is 16.3. The summed E-state index contributed by atoms with van der Waals surface area (Å²) < 4.78 is 6.10. The third kappa shape index (κ3) is 4.60. The van der Waals surface area contributed by atoms with Gasteiger partial charge in [0.05, 0.1) is 6.04 Å². The molecule has 4 nitrogen and oxygen atoms in total. The second kappa shape index (κ2) is 10.2. The average molecular weight is 451 g/mol. The van der Waals surface area contributed by atoms with Gasteiger partial charge in [-0.15, -0.1) is 0 Å². The van der Waals surface area contributed by atoms with Gasteiger partial charge in [0.15, 0.2) is 0 Å². The topological polar surface area (TPSA) is 36.7 Å². The van der Waals surface area contributed by atoms with Crippen LogP contribution in [0.15, 0.2) is 101 Å². The summed E-state index contributed by atoms with van der Waals surface area (Å²) >= 11 is 0. The number of piperazine rings is 1. The molecule has 3 aromatic carbocycles.